The highest BCUT2D eigenvalue weighted by atomic mass is 16.6. The van der Waals surface area contributed by atoms with E-state index in [1.165, 1.54) is 9.47 Å². The maximum Gasteiger partial charge on any atom is 0.414 e. The average Bonchev–Trinajstić information content (AvgIpc) is 2.72. The van der Waals surface area contributed by atoms with Crippen molar-refractivity contribution in [1.29, 1.82) is 0 Å². The number of rotatable bonds is 8. The standard InChI is InChI=1S/C24H32N2O5/c1-6-15-26(23(29)30-17-18-12-9-8-10-13-18)20-14-11-16-25(21(20)27)19(7-2)22(28)31-24(3,4)5/h8-14,16,19H,6-7,15,17H2,1-5H3. The lowest BCUT2D eigenvalue weighted by Crippen LogP contribution is -2.40. The Morgan fingerprint density at radius 1 is 1.06 bits per heavy atom. The summed E-state index contributed by atoms with van der Waals surface area (Å²) in [6.45, 7) is 9.49. The number of nitrogens with zero attached hydrogens (tertiary/aromatic N) is 2. The van der Waals surface area contributed by atoms with Crippen molar-refractivity contribution in [2.45, 2.75) is 65.7 Å². The van der Waals surface area contributed by atoms with Crippen LogP contribution in [0.1, 0.15) is 59.1 Å². The number of amides is 1. The molecule has 1 aromatic heterocycles. The SMILES string of the molecule is CCCN(C(=O)OCc1ccccc1)c1cccn(C(CC)C(=O)OC(C)(C)C)c1=O. The van der Waals surface area contributed by atoms with E-state index in [2.05, 4.69) is 0 Å². The summed E-state index contributed by atoms with van der Waals surface area (Å²) < 4.78 is 12.2. The molecule has 2 aromatic rings. The molecule has 1 atom stereocenters. The van der Waals surface area contributed by atoms with Gasteiger partial charge in [-0.05, 0) is 51.3 Å². The molecule has 31 heavy (non-hydrogen) atoms. The second-order valence-electron chi connectivity index (χ2n) is 8.26. The van der Waals surface area contributed by atoms with E-state index in [4.69, 9.17) is 9.47 Å². The lowest BCUT2D eigenvalue weighted by Gasteiger charge is -2.26. The average molecular weight is 429 g/mol. The molecule has 1 aromatic carbocycles. The van der Waals surface area contributed by atoms with Gasteiger partial charge in [0.2, 0.25) is 0 Å². The van der Waals surface area contributed by atoms with Gasteiger partial charge in [0.25, 0.3) is 5.56 Å². The highest BCUT2D eigenvalue weighted by Gasteiger charge is 2.28. The summed E-state index contributed by atoms with van der Waals surface area (Å²) in [5.74, 6) is -0.483. The van der Waals surface area contributed by atoms with Gasteiger partial charge in [0.1, 0.15) is 23.9 Å². The van der Waals surface area contributed by atoms with Gasteiger partial charge in [0.05, 0.1) is 0 Å². The number of carbonyl (C=O) groups is 2. The van der Waals surface area contributed by atoms with E-state index in [0.717, 1.165) is 5.56 Å². The molecular weight excluding hydrogens is 396 g/mol. The van der Waals surface area contributed by atoms with Crippen LogP contribution < -0.4 is 10.5 Å². The van der Waals surface area contributed by atoms with Gasteiger partial charge in [0.15, 0.2) is 0 Å². The molecule has 1 unspecified atom stereocenters. The summed E-state index contributed by atoms with van der Waals surface area (Å²) in [5, 5.41) is 0. The van der Waals surface area contributed by atoms with Crippen molar-refractivity contribution in [3.05, 3.63) is 64.6 Å². The van der Waals surface area contributed by atoms with Crippen molar-refractivity contribution < 1.29 is 19.1 Å². The topological polar surface area (TPSA) is 77.8 Å². The van der Waals surface area contributed by atoms with Crippen LogP contribution in [0.2, 0.25) is 0 Å². The van der Waals surface area contributed by atoms with Crippen LogP contribution >= 0.6 is 0 Å². The Hall–Kier alpha value is -3.09. The van der Waals surface area contributed by atoms with Crippen molar-refractivity contribution in [2.24, 2.45) is 0 Å². The Morgan fingerprint density at radius 3 is 2.32 bits per heavy atom. The zero-order chi connectivity index (χ0) is 23.0. The third-order valence-corrected chi connectivity index (χ3v) is 4.52. The molecule has 0 fully saturated rings. The fourth-order valence-corrected chi connectivity index (χ4v) is 3.13. The first kappa shape index (κ1) is 24.2. The first-order valence-corrected chi connectivity index (χ1v) is 10.6. The quantitative estimate of drug-likeness (QED) is 0.570. The summed E-state index contributed by atoms with van der Waals surface area (Å²) in [7, 11) is 0. The zero-order valence-electron chi connectivity index (χ0n) is 19.0. The summed E-state index contributed by atoms with van der Waals surface area (Å²) in [6.07, 6.45) is 1.96. The van der Waals surface area contributed by atoms with Gasteiger partial charge in [-0.15, -0.1) is 0 Å². The molecule has 0 bridgehead atoms. The Bertz CT molecular complexity index is 931. The first-order valence-electron chi connectivity index (χ1n) is 10.6. The molecule has 0 aliphatic rings. The van der Waals surface area contributed by atoms with Gasteiger partial charge in [-0.1, -0.05) is 44.2 Å². The molecule has 0 saturated heterocycles. The molecule has 0 N–H and O–H groups in total. The highest BCUT2D eigenvalue weighted by Crippen LogP contribution is 2.19. The van der Waals surface area contributed by atoms with E-state index >= 15 is 0 Å². The van der Waals surface area contributed by atoms with Gasteiger partial charge in [-0.3, -0.25) is 14.3 Å². The van der Waals surface area contributed by atoms with Gasteiger partial charge in [-0.25, -0.2) is 9.59 Å². The minimum Gasteiger partial charge on any atom is -0.458 e. The maximum absolute atomic E-state index is 13.2. The van der Waals surface area contributed by atoms with Gasteiger partial charge in [-0.2, -0.15) is 0 Å². The van der Waals surface area contributed by atoms with Crippen LogP contribution in [-0.4, -0.2) is 28.8 Å². The van der Waals surface area contributed by atoms with E-state index in [1.807, 2.05) is 44.2 Å². The molecule has 7 nitrogen and oxygen atoms in total. The summed E-state index contributed by atoms with van der Waals surface area (Å²) >= 11 is 0. The molecule has 0 spiro atoms. The largest absolute Gasteiger partial charge is 0.458 e. The van der Waals surface area contributed by atoms with Crippen LogP contribution in [0.15, 0.2) is 53.5 Å². The molecule has 2 rings (SSSR count). The van der Waals surface area contributed by atoms with Crippen LogP contribution in [0.25, 0.3) is 0 Å². The lowest BCUT2D eigenvalue weighted by molar-refractivity contribution is -0.159. The molecule has 168 valence electrons. The summed E-state index contributed by atoms with van der Waals surface area (Å²) in [4.78, 5) is 40.0. The summed E-state index contributed by atoms with van der Waals surface area (Å²) in [6, 6.07) is 11.8. The minimum atomic E-state index is -0.782. The van der Waals surface area contributed by atoms with Crippen LogP contribution in [0, 0.1) is 0 Å². The Labute approximate surface area is 183 Å². The van der Waals surface area contributed by atoms with Gasteiger partial charge < -0.3 is 9.47 Å². The molecule has 0 aliphatic carbocycles. The van der Waals surface area contributed by atoms with E-state index in [1.54, 1.807) is 39.1 Å². The number of esters is 1. The molecule has 7 heteroatoms. The number of ether oxygens (including phenoxy) is 2. The Balaban J connectivity index is 2.30. The lowest BCUT2D eigenvalue weighted by atomic mass is 10.1. The second-order valence-corrected chi connectivity index (χ2v) is 8.26. The van der Waals surface area contributed by atoms with Crippen molar-refractivity contribution in [3.8, 4) is 0 Å². The monoisotopic (exact) mass is 428 g/mol. The van der Waals surface area contributed by atoms with E-state index in [-0.39, 0.29) is 12.3 Å². The van der Waals surface area contributed by atoms with Gasteiger partial charge >= 0.3 is 12.1 Å². The third-order valence-electron chi connectivity index (χ3n) is 4.52. The fraction of sp³-hybridized carbons (Fsp3) is 0.458. The molecular formula is C24H32N2O5. The predicted octanol–water partition coefficient (Wildman–Crippen LogP) is 4.69. The van der Waals surface area contributed by atoms with Crippen LogP contribution in [-0.2, 0) is 20.9 Å². The minimum absolute atomic E-state index is 0.108. The van der Waals surface area contributed by atoms with Crippen molar-refractivity contribution in [1.82, 2.24) is 4.57 Å². The summed E-state index contributed by atoms with van der Waals surface area (Å²) in [5.41, 5.74) is -0.0789. The predicted molar refractivity (Wildman–Crippen MR) is 120 cm³/mol. The first-order chi connectivity index (χ1) is 14.7. The number of aromatic nitrogens is 1. The maximum atomic E-state index is 13.2. The number of carbonyl (C=O) groups excluding carboxylic acids is 2. The highest BCUT2D eigenvalue weighted by molar-refractivity contribution is 5.87. The molecule has 1 amide bonds. The van der Waals surface area contributed by atoms with Crippen molar-refractivity contribution >= 4 is 17.7 Å². The smallest absolute Gasteiger partial charge is 0.414 e. The number of hydrogen-bond acceptors (Lipinski definition) is 5. The van der Waals surface area contributed by atoms with Crippen LogP contribution in [0.5, 0.6) is 0 Å². The zero-order valence-corrected chi connectivity index (χ0v) is 19.0. The Morgan fingerprint density at radius 2 is 1.74 bits per heavy atom. The molecule has 1 heterocycles. The molecule has 0 aliphatic heterocycles. The molecule has 0 radical (unpaired) electrons. The van der Waals surface area contributed by atoms with E-state index < -0.39 is 29.3 Å². The normalized spacial score (nSPS) is 12.2. The van der Waals surface area contributed by atoms with Crippen LogP contribution in [0.3, 0.4) is 0 Å². The second kappa shape index (κ2) is 10.8. The van der Waals surface area contributed by atoms with Crippen LogP contribution in [0.4, 0.5) is 10.5 Å². The number of benzene rings is 1. The third kappa shape index (κ3) is 6.70. The fourth-order valence-electron chi connectivity index (χ4n) is 3.13. The van der Waals surface area contributed by atoms with Crippen molar-refractivity contribution in [3.63, 3.8) is 0 Å². The van der Waals surface area contributed by atoms with Gasteiger partial charge in [0, 0.05) is 12.7 Å². The number of pyridine rings is 1. The molecule has 0 saturated carbocycles. The van der Waals surface area contributed by atoms with Crippen molar-refractivity contribution in [2.75, 3.05) is 11.4 Å². The number of anilines is 1. The number of hydrogen-bond donors (Lipinski definition) is 0. The van der Waals surface area contributed by atoms with E-state index in [0.29, 0.717) is 19.4 Å². The van der Waals surface area contributed by atoms with E-state index in [9.17, 15) is 14.4 Å². The Kier molecular flexibility index (Phi) is 8.42.